The van der Waals surface area contributed by atoms with Crippen LogP contribution in [0, 0.1) is 6.92 Å². The van der Waals surface area contributed by atoms with Gasteiger partial charge in [-0.3, -0.25) is 0 Å². The summed E-state index contributed by atoms with van der Waals surface area (Å²) >= 11 is 1.78. The summed E-state index contributed by atoms with van der Waals surface area (Å²) in [6.45, 7) is 9.22. The average Bonchev–Trinajstić information content (AvgIpc) is 3.93. The van der Waals surface area contributed by atoms with Crippen molar-refractivity contribution in [3.8, 4) is 61.7 Å². The lowest BCUT2D eigenvalue weighted by Crippen LogP contribution is -2.12. The minimum atomic E-state index is -0.0375. The number of rotatable bonds is 8. The first-order valence-corrected chi connectivity index (χ1v) is 24.3. The molecule has 0 aliphatic carbocycles. The number of aromatic nitrogens is 3. The van der Waals surface area contributed by atoms with Crippen LogP contribution in [0.25, 0.3) is 104 Å². The van der Waals surface area contributed by atoms with Crippen LogP contribution in [-0.4, -0.2) is 14.5 Å². The first-order chi connectivity index (χ1) is 33.3. The highest BCUT2D eigenvalue weighted by atomic mass is 32.1. The van der Waals surface area contributed by atoms with E-state index in [1.165, 1.54) is 87.8 Å². The molecule has 3 aromatic heterocycles. The molecule has 0 saturated carbocycles. The molecule has 0 spiro atoms. The second-order valence-electron chi connectivity index (χ2n) is 19.0. The molecule has 12 rings (SSSR count). The largest absolute Gasteiger partial charge is 0.309 e. The summed E-state index contributed by atoms with van der Waals surface area (Å²) in [5, 5.41) is 3.69. The van der Waals surface area contributed by atoms with Crippen LogP contribution >= 0.6 is 11.3 Å². The van der Waals surface area contributed by atoms with Crippen molar-refractivity contribution in [2.45, 2.75) is 39.5 Å². The Hall–Kier alpha value is -7.92. The molecular formula is C64H49N3S. The van der Waals surface area contributed by atoms with E-state index >= 15 is 0 Å². The summed E-state index contributed by atoms with van der Waals surface area (Å²) in [6.07, 6.45) is 0.722. The van der Waals surface area contributed by atoms with Crippen molar-refractivity contribution in [1.29, 1.82) is 0 Å². The maximum absolute atomic E-state index is 5.47. The molecule has 0 saturated heterocycles. The van der Waals surface area contributed by atoms with E-state index < -0.39 is 0 Å². The van der Waals surface area contributed by atoms with Crippen LogP contribution < -0.4 is 0 Å². The van der Waals surface area contributed by atoms with Gasteiger partial charge in [0, 0.05) is 37.7 Å². The van der Waals surface area contributed by atoms with Gasteiger partial charge in [-0.2, -0.15) is 0 Å². The quantitative estimate of drug-likeness (QED) is 0.152. The van der Waals surface area contributed by atoms with Gasteiger partial charge < -0.3 is 4.57 Å². The molecule has 4 heteroatoms. The van der Waals surface area contributed by atoms with Crippen molar-refractivity contribution in [2.75, 3.05) is 0 Å². The molecule has 0 amide bonds. The van der Waals surface area contributed by atoms with Crippen molar-refractivity contribution in [1.82, 2.24) is 14.5 Å². The Balaban J connectivity index is 1.08. The van der Waals surface area contributed by atoms with Crippen LogP contribution in [0.4, 0.5) is 0 Å². The number of fused-ring (bicyclic) bond motifs is 6. The molecule has 0 aliphatic rings. The van der Waals surface area contributed by atoms with Crippen LogP contribution in [0.15, 0.2) is 212 Å². The monoisotopic (exact) mass is 891 g/mol. The Kier molecular flexibility index (Phi) is 10.2. The van der Waals surface area contributed by atoms with Crippen molar-refractivity contribution < 1.29 is 0 Å². The molecule has 9 aromatic carbocycles. The van der Waals surface area contributed by atoms with Crippen molar-refractivity contribution >= 4 is 53.4 Å². The van der Waals surface area contributed by atoms with Crippen LogP contribution in [-0.2, 0) is 11.8 Å². The van der Waals surface area contributed by atoms with Gasteiger partial charge in [0.1, 0.15) is 0 Å². The van der Waals surface area contributed by atoms with Gasteiger partial charge in [0.05, 0.1) is 26.9 Å². The number of aryl methyl sites for hydroxylation is 1. The maximum atomic E-state index is 5.47. The third-order valence-electron chi connectivity index (χ3n) is 13.6. The predicted octanol–water partition coefficient (Wildman–Crippen LogP) is 17.5. The Bertz CT molecular complexity index is 3740. The van der Waals surface area contributed by atoms with E-state index in [0.717, 1.165) is 44.7 Å². The molecule has 0 radical (unpaired) electrons. The molecule has 12 aromatic rings. The SMILES string of the molecule is Cc1cc(-n2c3ccccc3c3ccccc32)ccc1-c1cc(C(C)(C)C)ccc1Cc1c(-c2ccccc2)cc(-c2nc(-c3ccccc3)nc3c2sc2ccccc23)cc1-c1ccccc1. The Morgan fingerprint density at radius 3 is 1.63 bits per heavy atom. The molecular weight excluding hydrogens is 843 g/mol. The van der Waals surface area contributed by atoms with E-state index in [-0.39, 0.29) is 5.41 Å². The van der Waals surface area contributed by atoms with E-state index in [2.05, 4.69) is 239 Å². The minimum Gasteiger partial charge on any atom is -0.309 e. The summed E-state index contributed by atoms with van der Waals surface area (Å²) in [4.78, 5) is 10.7. The normalized spacial score (nSPS) is 11.9. The van der Waals surface area contributed by atoms with Crippen LogP contribution in [0.3, 0.4) is 0 Å². The van der Waals surface area contributed by atoms with Crippen LogP contribution in [0.2, 0.25) is 0 Å². The van der Waals surface area contributed by atoms with Crippen molar-refractivity contribution in [2.24, 2.45) is 0 Å². The van der Waals surface area contributed by atoms with Gasteiger partial charge >= 0.3 is 0 Å². The fourth-order valence-electron chi connectivity index (χ4n) is 10.2. The van der Waals surface area contributed by atoms with Gasteiger partial charge in [0.15, 0.2) is 5.82 Å². The molecule has 3 heterocycles. The fraction of sp³-hybridized carbons (Fsp3) is 0.0938. The van der Waals surface area contributed by atoms with Gasteiger partial charge in [-0.25, -0.2) is 9.97 Å². The predicted molar refractivity (Wildman–Crippen MR) is 289 cm³/mol. The molecule has 3 nitrogen and oxygen atoms in total. The highest BCUT2D eigenvalue weighted by molar-refractivity contribution is 7.26. The van der Waals surface area contributed by atoms with Crippen LogP contribution in [0.5, 0.6) is 0 Å². The van der Waals surface area contributed by atoms with E-state index in [1.54, 1.807) is 11.3 Å². The van der Waals surface area contributed by atoms with Gasteiger partial charge in [0.2, 0.25) is 0 Å². The lowest BCUT2D eigenvalue weighted by atomic mass is 9.80. The van der Waals surface area contributed by atoms with Gasteiger partial charge in [-0.05, 0) is 117 Å². The highest BCUT2D eigenvalue weighted by Gasteiger charge is 2.24. The molecule has 68 heavy (non-hydrogen) atoms. The molecule has 0 atom stereocenters. The maximum Gasteiger partial charge on any atom is 0.160 e. The van der Waals surface area contributed by atoms with E-state index in [1.807, 2.05) is 6.07 Å². The molecule has 0 unspecified atom stereocenters. The zero-order valence-corrected chi connectivity index (χ0v) is 39.5. The van der Waals surface area contributed by atoms with Crippen molar-refractivity contribution in [3.05, 3.63) is 235 Å². The third kappa shape index (κ3) is 7.29. The van der Waals surface area contributed by atoms with E-state index in [0.29, 0.717) is 0 Å². The van der Waals surface area contributed by atoms with Gasteiger partial charge in [0.25, 0.3) is 0 Å². The highest BCUT2D eigenvalue weighted by Crippen LogP contribution is 2.45. The minimum absolute atomic E-state index is 0.0375. The third-order valence-corrected chi connectivity index (χ3v) is 14.8. The summed E-state index contributed by atoms with van der Waals surface area (Å²) in [5.74, 6) is 0.728. The summed E-state index contributed by atoms with van der Waals surface area (Å²) in [6, 6.07) is 77.4. The van der Waals surface area contributed by atoms with Crippen LogP contribution in [0.1, 0.15) is 43.0 Å². The number of benzene rings is 9. The lowest BCUT2D eigenvalue weighted by molar-refractivity contribution is 0.590. The Morgan fingerprint density at radius 2 is 1.03 bits per heavy atom. The molecule has 0 bridgehead atoms. The number of nitrogens with zero attached hydrogens (tertiary/aromatic N) is 3. The summed E-state index contributed by atoms with van der Waals surface area (Å²) in [7, 11) is 0. The first-order valence-electron chi connectivity index (χ1n) is 23.5. The molecule has 326 valence electrons. The number of para-hydroxylation sites is 2. The van der Waals surface area contributed by atoms with E-state index in [9.17, 15) is 0 Å². The smallest absolute Gasteiger partial charge is 0.160 e. The second kappa shape index (κ2) is 16.7. The second-order valence-corrected chi connectivity index (χ2v) is 20.0. The fourth-order valence-corrected chi connectivity index (χ4v) is 11.3. The van der Waals surface area contributed by atoms with Crippen molar-refractivity contribution in [3.63, 3.8) is 0 Å². The zero-order chi connectivity index (χ0) is 45.9. The number of thiophene rings is 1. The summed E-state index contributed by atoms with van der Waals surface area (Å²) in [5.41, 5.74) is 19.9. The number of hydrogen-bond acceptors (Lipinski definition) is 3. The Morgan fingerprint density at radius 1 is 0.471 bits per heavy atom. The molecule has 0 aliphatic heterocycles. The zero-order valence-electron chi connectivity index (χ0n) is 38.7. The first kappa shape index (κ1) is 41.5. The van der Waals surface area contributed by atoms with Gasteiger partial charge in [-0.15, -0.1) is 11.3 Å². The van der Waals surface area contributed by atoms with E-state index in [4.69, 9.17) is 9.97 Å². The lowest BCUT2D eigenvalue weighted by Gasteiger charge is -2.24. The number of hydrogen-bond donors (Lipinski definition) is 0. The summed E-state index contributed by atoms with van der Waals surface area (Å²) < 4.78 is 4.72. The van der Waals surface area contributed by atoms with Gasteiger partial charge in [-0.1, -0.05) is 191 Å². The average molecular weight is 892 g/mol. The molecule has 0 N–H and O–H groups in total. The standard InChI is InChI=1S/C64H49N3S/c1-41-36-48(67-57-29-17-14-26-50(57)51-27-15-18-30-58(51)67)34-35-49(41)55-40-47(64(2,3)4)33-32-45(55)37-56-53(42-20-8-5-9-21-42)38-46(39-54(56)43-22-10-6-11-23-43)60-62-61(52-28-16-19-31-59(52)68-62)66-63(65-60)44-24-12-7-13-25-44/h5-36,38-40H,37H2,1-4H3. The molecule has 0 fully saturated rings. The topological polar surface area (TPSA) is 30.7 Å². The Labute approximate surface area is 401 Å².